The molecule has 0 aliphatic carbocycles. The number of carbonyl (C=O) groups is 3. The van der Waals surface area contributed by atoms with E-state index in [0.29, 0.717) is 37.7 Å². The number of carbonyl (C=O) groups excluding carboxylic acids is 3. The van der Waals surface area contributed by atoms with Crippen molar-refractivity contribution in [1.29, 1.82) is 0 Å². The van der Waals surface area contributed by atoms with Gasteiger partial charge in [0.2, 0.25) is 11.8 Å². The summed E-state index contributed by atoms with van der Waals surface area (Å²) in [6.45, 7) is 6.14. The standard InChI is InChI=1S/C18H26N4O3/c1-13(2)10-21-12-16(23)22-9-5-8-20(11-15(22)18(21)25)17(24)14-6-4-7-19(14)3/h4,6-7,13,15H,5,8-12H2,1-3H3. The van der Waals surface area contributed by atoms with Gasteiger partial charge in [-0.25, -0.2) is 0 Å². The Bertz CT molecular complexity index is 682. The summed E-state index contributed by atoms with van der Waals surface area (Å²) in [4.78, 5) is 43.3. The fourth-order valence-corrected chi connectivity index (χ4v) is 3.66. The first-order chi connectivity index (χ1) is 11.9. The van der Waals surface area contributed by atoms with E-state index in [0.717, 1.165) is 0 Å². The number of aryl methyl sites for hydroxylation is 1. The average molecular weight is 346 g/mol. The summed E-state index contributed by atoms with van der Waals surface area (Å²) in [6.07, 6.45) is 2.52. The Hall–Kier alpha value is -2.31. The summed E-state index contributed by atoms with van der Waals surface area (Å²) >= 11 is 0. The Kier molecular flexibility index (Phi) is 4.83. The van der Waals surface area contributed by atoms with Gasteiger partial charge >= 0.3 is 0 Å². The van der Waals surface area contributed by atoms with Crippen molar-refractivity contribution < 1.29 is 14.4 Å². The lowest BCUT2D eigenvalue weighted by Crippen LogP contribution is -2.62. The second-order valence-corrected chi connectivity index (χ2v) is 7.32. The third-order valence-electron chi connectivity index (χ3n) is 4.88. The number of piperazine rings is 1. The molecule has 7 nitrogen and oxygen atoms in total. The van der Waals surface area contributed by atoms with E-state index in [2.05, 4.69) is 0 Å². The fourth-order valence-electron chi connectivity index (χ4n) is 3.66. The highest BCUT2D eigenvalue weighted by atomic mass is 16.2. The Balaban J connectivity index is 1.81. The highest BCUT2D eigenvalue weighted by Crippen LogP contribution is 2.20. The van der Waals surface area contributed by atoms with Crippen LogP contribution in [-0.2, 0) is 16.6 Å². The smallest absolute Gasteiger partial charge is 0.270 e. The van der Waals surface area contributed by atoms with E-state index in [1.165, 1.54) is 0 Å². The van der Waals surface area contributed by atoms with Crippen LogP contribution in [0.15, 0.2) is 18.3 Å². The molecule has 2 fully saturated rings. The van der Waals surface area contributed by atoms with Gasteiger partial charge in [-0.05, 0) is 24.5 Å². The van der Waals surface area contributed by atoms with Crippen LogP contribution in [0.1, 0.15) is 30.8 Å². The minimum absolute atomic E-state index is 0.0154. The minimum atomic E-state index is -0.563. The van der Waals surface area contributed by atoms with Crippen LogP contribution in [0.2, 0.25) is 0 Å². The zero-order valence-electron chi connectivity index (χ0n) is 15.1. The molecule has 1 aromatic heterocycles. The van der Waals surface area contributed by atoms with E-state index in [4.69, 9.17) is 0 Å². The maximum Gasteiger partial charge on any atom is 0.270 e. The molecule has 0 spiro atoms. The van der Waals surface area contributed by atoms with Gasteiger partial charge in [-0.15, -0.1) is 0 Å². The molecule has 1 atom stereocenters. The second-order valence-electron chi connectivity index (χ2n) is 7.32. The van der Waals surface area contributed by atoms with Gasteiger partial charge in [-0.2, -0.15) is 0 Å². The number of hydrogen-bond acceptors (Lipinski definition) is 3. The van der Waals surface area contributed by atoms with Crippen molar-refractivity contribution in [3.8, 4) is 0 Å². The summed E-state index contributed by atoms with van der Waals surface area (Å²) < 4.78 is 1.78. The van der Waals surface area contributed by atoms with Crippen molar-refractivity contribution in [2.75, 3.05) is 32.7 Å². The topological polar surface area (TPSA) is 65.9 Å². The predicted molar refractivity (Wildman–Crippen MR) is 92.9 cm³/mol. The highest BCUT2D eigenvalue weighted by Gasteiger charge is 2.42. The molecule has 0 N–H and O–H groups in total. The monoisotopic (exact) mass is 346 g/mol. The maximum absolute atomic E-state index is 12.9. The van der Waals surface area contributed by atoms with Crippen LogP contribution in [0, 0.1) is 5.92 Å². The Labute approximate surface area is 148 Å². The number of nitrogens with zero attached hydrogens (tertiary/aromatic N) is 4. The van der Waals surface area contributed by atoms with Gasteiger partial charge in [-0.1, -0.05) is 13.8 Å². The fraction of sp³-hybridized carbons (Fsp3) is 0.611. The lowest BCUT2D eigenvalue weighted by molar-refractivity contribution is -0.156. The van der Waals surface area contributed by atoms with Gasteiger partial charge in [0.05, 0.1) is 13.1 Å². The van der Waals surface area contributed by atoms with Crippen LogP contribution in [0.4, 0.5) is 0 Å². The lowest BCUT2D eigenvalue weighted by Gasteiger charge is -2.40. The molecule has 7 heteroatoms. The summed E-state index contributed by atoms with van der Waals surface area (Å²) in [5.74, 6) is 0.157. The summed E-state index contributed by atoms with van der Waals surface area (Å²) in [7, 11) is 1.83. The highest BCUT2D eigenvalue weighted by molar-refractivity contribution is 5.97. The van der Waals surface area contributed by atoms with Crippen LogP contribution in [-0.4, -0.2) is 75.8 Å². The molecule has 0 radical (unpaired) electrons. The molecule has 0 saturated carbocycles. The number of rotatable bonds is 3. The Morgan fingerprint density at radius 3 is 2.68 bits per heavy atom. The van der Waals surface area contributed by atoms with Crippen molar-refractivity contribution in [3.05, 3.63) is 24.0 Å². The molecule has 1 unspecified atom stereocenters. The first-order valence-corrected chi connectivity index (χ1v) is 8.87. The molecular weight excluding hydrogens is 320 g/mol. The van der Waals surface area contributed by atoms with E-state index < -0.39 is 6.04 Å². The molecule has 136 valence electrons. The average Bonchev–Trinajstić information content (AvgIpc) is 2.84. The predicted octanol–water partition coefficient (Wildman–Crippen LogP) is 0.566. The molecule has 3 rings (SSSR count). The molecule has 2 aliphatic heterocycles. The molecule has 0 aromatic carbocycles. The minimum Gasteiger partial charge on any atom is -0.347 e. The number of hydrogen-bond donors (Lipinski definition) is 0. The van der Waals surface area contributed by atoms with E-state index >= 15 is 0 Å². The van der Waals surface area contributed by atoms with Crippen molar-refractivity contribution in [2.45, 2.75) is 26.3 Å². The van der Waals surface area contributed by atoms with E-state index in [9.17, 15) is 14.4 Å². The molecule has 3 amide bonds. The van der Waals surface area contributed by atoms with Crippen LogP contribution in [0.3, 0.4) is 0 Å². The van der Waals surface area contributed by atoms with E-state index in [1.807, 2.05) is 33.2 Å². The Morgan fingerprint density at radius 1 is 1.28 bits per heavy atom. The zero-order chi connectivity index (χ0) is 18.1. The van der Waals surface area contributed by atoms with Gasteiger partial charge in [0.1, 0.15) is 11.7 Å². The van der Waals surface area contributed by atoms with Crippen molar-refractivity contribution in [1.82, 2.24) is 19.3 Å². The van der Waals surface area contributed by atoms with E-state index in [-0.39, 0.29) is 30.8 Å². The summed E-state index contributed by atoms with van der Waals surface area (Å²) in [6, 6.07) is 3.05. The lowest BCUT2D eigenvalue weighted by atomic mass is 10.1. The van der Waals surface area contributed by atoms with Crippen LogP contribution in [0.5, 0.6) is 0 Å². The number of fused-ring (bicyclic) bond motifs is 1. The molecular formula is C18H26N4O3. The molecule has 25 heavy (non-hydrogen) atoms. The van der Waals surface area contributed by atoms with Crippen LogP contribution < -0.4 is 0 Å². The quantitative estimate of drug-likeness (QED) is 0.804. The van der Waals surface area contributed by atoms with Crippen molar-refractivity contribution in [3.63, 3.8) is 0 Å². The van der Waals surface area contributed by atoms with Gasteiger partial charge < -0.3 is 19.3 Å². The summed E-state index contributed by atoms with van der Waals surface area (Å²) in [5, 5.41) is 0. The second kappa shape index (κ2) is 6.90. The summed E-state index contributed by atoms with van der Waals surface area (Å²) in [5.41, 5.74) is 0.599. The van der Waals surface area contributed by atoms with Crippen molar-refractivity contribution in [2.24, 2.45) is 13.0 Å². The Morgan fingerprint density at radius 2 is 2.04 bits per heavy atom. The maximum atomic E-state index is 12.9. The van der Waals surface area contributed by atoms with Crippen LogP contribution in [0.25, 0.3) is 0 Å². The van der Waals surface area contributed by atoms with Gasteiger partial charge in [0.25, 0.3) is 5.91 Å². The SMILES string of the molecule is CC(C)CN1CC(=O)N2CCCN(C(=O)c3cccn3C)CC2C1=O. The third kappa shape index (κ3) is 3.41. The number of amides is 3. The van der Waals surface area contributed by atoms with Gasteiger partial charge in [0, 0.05) is 32.9 Å². The van der Waals surface area contributed by atoms with Crippen molar-refractivity contribution >= 4 is 17.7 Å². The third-order valence-corrected chi connectivity index (χ3v) is 4.88. The largest absolute Gasteiger partial charge is 0.347 e. The molecule has 3 heterocycles. The first-order valence-electron chi connectivity index (χ1n) is 8.87. The molecule has 2 saturated heterocycles. The normalized spacial score (nSPS) is 21.6. The van der Waals surface area contributed by atoms with Crippen LogP contribution >= 0.6 is 0 Å². The molecule has 1 aromatic rings. The van der Waals surface area contributed by atoms with Gasteiger partial charge in [-0.3, -0.25) is 14.4 Å². The molecule has 0 bridgehead atoms. The van der Waals surface area contributed by atoms with Gasteiger partial charge in [0.15, 0.2) is 0 Å². The van der Waals surface area contributed by atoms with E-state index in [1.54, 1.807) is 25.3 Å². The zero-order valence-corrected chi connectivity index (χ0v) is 15.1. The molecule has 2 aliphatic rings. The first kappa shape index (κ1) is 17.5. The number of aromatic nitrogens is 1.